The summed E-state index contributed by atoms with van der Waals surface area (Å²) in [7, 11) is 0. The number of hydrogen-bond donors (Lipinski definition) is 1. The zero-order valence-electron chi connectivity index (χ0n) is 7.75. The molecule has 0 radical (unpaired) electrons. The molecule has 0 aliphatic heterocycles. The van der Waals surface area contributed by atoms with Crippen molar-refractivity contribution in [1.29, 1.82) is 0 Å². The Morgan fingerprint density at radius 3 is 2.67 bits per heavy atom. The second-order valence-corrected chi connectivity index (χ2v) is 3.09. The van der Waals surface area contributed by atoms with E-state index in [1.54, 1.807) is 6.08 Å². The summed E-state index contributed by atoms with van der Waals surface area (Å²) in [5.41, 5.74) is 0. The lowest BCUT2D eigenvalue weighted by molar-refractivity contribution is -0.137. The molecule has 2 nitrogen and oxygen atoms in total. The summed E-state index contributed by atoms with van der Waals surface area (Å²) >= 11 is 0. The summed E-state index contributed by atoms with van der Waals surface area (Å²) in [5, 5.41) is 8.52. The maximum Gasteiger partial charge on any atom is 0.303 e. The van der Waals surface area contributed by atoms with Crippen molar-refractivity contribution in [3.8, 4) is 0 Å². The zero-order chi connectivity index (χ0) is 9.40. The minimum Gasteiger partial charge on any atom is -0.481 e. The molecule has 0 rings (SSSR count). The van der Waals surface area contributed by atoms with Gasteiger partial charge < -0.3 is 5.11 Å². The van der Waals surface area contributed by atoms with E-state index in [1.165, 1.54) is 12.8 Å². The molecule has 12 heavy (non-hydrogen) atoms. The van der Waals surface area contributed by atoms with E-state index in [-0.39, 0.29) is 12.3 Å². The Hall–Kier alpha value is -0.790. The number of carboxylic acids is 1. The number of carboxylic acid groups (broad SMARTS) is 1. The van der Waals surface area contributed by atoms with Gasteiger partial charge in [0.2, 0.25) is 0 Å². The van der Waals surface area contributed by atoms with Crippen LogP contribution in [0.2, 0.25) is 0 Å². The topological polar surface area (TPSA) is 37.3 Å². The first kappa shape index (κ1) is 11.2. The smallest absolute Gasteiger partial charge is 0.303 e. The highest BCUT2D eigenvalue weighted by atomic mass is 16.4. The molecule has 1 atom stereocenters. The largest absolute Gasteiger partial charge is 0.481 e. The molecular formula is C10H18O2. The van der Waals surface area contributed by atoms with Gasteiger partial charge in [-0.15, -0.1) is 6.58 Å². The Bertz CT molecular complexity index is 141. The molecule has 0 fully saturated rings. The van der Waals surface area contributed by atoms with Gasteiger partial charge in [-0.1, -0.05) is 32.3 Å². The van der Waals surface area contributed by atoms with Crippen molar-refractivity contribution >= 4 is 5.97 Å². The molecule has 70 valence electrons. The number of rotatable bonds is 7. The summed E-state index contributed by atoms with van der Waals surface area (Å²) in [4.78, 5) is 10.4. The maximum absolute atomic E-state index is 10.4. The Morgan fingerprint density at radius 2 is 2.25 bits per heavy atom. The first-order chi connectivity index (χ1) is 5.70. The monoisotopic (exact) mass is 170 g/mol. The van der Waals surface area contributed by atoms with Crippen LogP contribution in [0, 0.1) is 5.92 Å². The fourth-order valence-electron chi connectivity index (χ4n) is 1.18. The van der Waals surface area contributed by atoms with Crippen molar-refractivity contribution < 1.29 is 9.90 Å². The second kappa shape index (κ2) is 6.89. The van der Waals surface area contributed by atoms with Crippen LogP contribution in [0.15, 0.2) is 12.7 Å². The van der Waals surface area contributed by atoms with Crippen LogP contribution >= 0.6 is 0 Å². The molecular weight excluding hydrogens is 152 g/mol. The highest BCUT2D eigenvalue weighted by Crippen LogP contribution is 2.14. The molecule has 0 saturated carbocycles. The highest BCUT2D eigenvalue weighted by Gasteiger charge is 2.08. The van der Waals surface area contributed by atoms with E-state index < -0.39 is 5.97 Å². The maximum atomic E-state index is 10.4. The van der Waals surface area contributed by atoms with Crippen molar-refractivity contribution in [3.63, 3.8) is 0 Å². The Balaban J connectivity index is 3.53. The molecule has 0 aromatic rings. The van der Waals surface area contributed by atoms with Crippen molar-refractivity contribution in [3.05, 3.63) is 12.7 Å². The van der Waals surface area contributed by atoms with E-state index in [0.717, 1.165) is 12.8 Å². The van der Waals surface area contributed by atoms with E-state index in [4.69, 9.17) is 5.11 Å². The van der Waals surface area contributed by atoms with E-state index in [2.05, 4.69) is 13.5 Å². The van der Waals surface area contributed by atoms with Crippen LogP contribution < -0.4 is 0 Å². The molecule has 0 spiro atoms. The molecule has 0 aromatic heterocycles. The molecule has 1 unspecified atom stereocenters. The molecule has 0 aliphatic rings. The number of carbonyl (C=O) groups is 1. The van der Waals surface area contributed by atoms with Gasteiger partial charge >= 0.3 is 5.97 Å². The van der Waals surface area contributed by atoms with Gasteiger partial charge in [0, 0.05) is 0 Å². The van der Waals surface area contributed by atoms with Gasteiger partial charge in [-0.05, 0) is 12.3 Å². The van der Waals surface area contributed by atoms with Gasteiger partial charge in [-0.3, -0.25) is 4.79 Å². The molecule has 0 aliphatic carbocycles. The summed E-state index contributed by atoms with van der Waals surface area (Å²) in [6.45, 7) is 5.77. The zero-order valence-corrected chi connectivity index (χ0v) is 7.75. The first-order valence-electron chi connectivity index (χ1n) is 4.55. The van der Waals surface area contributed by atoms with Gasteiger partial charge in [-0.2, -0.15) is 0 Å². The predicted octanol–water partition coefficient (Wildman–Crippen LogP) is 2.84. The van der Waals surface area contributed by atoms with Crippen LogP contribution in [0.4, 0.5) is 0 Å². The standard InChI is InChI=1S/C10H18O2/c1-3-5-6-7-9(4-2)8-10(11)12/h4,9H,2-3,5-8H2,1H3,(H,11,12). The van der Waals surface area contributed by atoms with Crippen LogP contribution in [0.5, 0.6) is 0 Å². The predicted molar refractivity (Wildman–Crippen MR) is 50.1 cm³/mol. The van der Waals surface area contributed by atoms with E-state index in [1.807, 2.05) is 0 Å². The first-order valence-corrected chi connectivity index (χ1v) is 4.55. The van der Waals surface area contributed by atoms with Crippen molar-refractivity contribution in [2.24, 2.45) is 5.92 Å². The molecule has 0 heterocycles. The quantitative estimate of drug-likeness (QED) is 0.471. The van der Waals surface area contributed by atoms with Crippen LogP contribution in [0.1, 0.15) is 39.0 Å². The third-order valence-electron chi connectivity index (χ3n) is 1.95. The highest BCUT2D eigenvalue weighted by molar-refractivity contribution is 5.67. The van der Waals surface area contributed by atoms with Crippen molar-refractivity contribution in [2.45, 2.75) is 39.0 Å². The summed E-state index contributed by atoms with van der Waals surface area (Å²) < 4.78 is 0. The van der Waals surface area contributed by atoms with E-state index in [9.17, 15) is 4.79 Å². The number of allylic oxidation sites excluding steroid dienone is 1. The average Bonchev–Trinajstić information content (AvgIpc) is 2.02. The Morgan fingerprint density at radius 1 is 1.58 bits per heavy atom. The third kappa shape index (κ3) is 5.96. The molecule has 0 saturated heterocycles. The summed E-state index contributed by atoms with van der Waals surface area (Å²) in [5.74, 6) is -0.564. The van der Waals surface area contributed by atoms with Crippen LogP contribution in [0.3, 0.4) is 0 Å². The van der Waals surface area contributed by atoms with Crippen molar-refractivity contribution in [2.75, 3.05) is 0 Å². The van der Waals surface area contributed by atoms with Gasteiger partial charge in [0.25, 0.3) is 0 Å². The SMILES string of the molecule is C=CC(CCCCC)CC(=O)O. The summed E-state index contributed by atoms with van der Waals surface area (Å²) in [6, 6.07) is 0. The van der Waals surface area contributed by atoms with Gasteiger partial charge in [0.05, 0.1) is 6.42 Å². The lowest BCUT2D eigenvalue weighted by Gasteiger charge is -2.07. The minimum atomic E-state index is -0.726. The molecule has 0 amide bonds. The lowest BCUT2D eigenvalue weighted by Crippen LogP contribution is -2.04. The minimum absolute atomic E-state index is 0.161. The molecule has 2 heteroatoms. The third-order valence-corrected chi connectivity index (χ3v) is 1.95. The van der Waals surface area contributed by atoms with Gasteiger partial charge in [0.1, 0.15) is 0 Å². The van der Waals surface area contributed by atoms with E-state index >= 15 is 0 Å². The van der Waals surface area contributed by atoms with E-state index in [0.29, 0.717) is 0 Å². The van der Waals surface area contributed by atoms with Crippen molar-refractivity contribution in [1.82, 2.24) is 0 Å². The van der Waals surface area contributed by atoms with Crippen LogP contribution in [0.25, 0.3) is 0 Å². The van der Waals surface area contributed by atoms with Gasteiger partial charge in [-0.25, -0.2) is 0 Å². The molecule has 1 N–H and O–H groups in total. The van der Waals surface area contributed by atoms with Crippen LogP contribution in [-0.4, -0.2) is 11.1 Å². The van der Waals surface area contributed by atoms with Crippen LogP contribution in [-0.2, 0) is 4.79 Å². The second-order valence-electron chi connectivity index (χ2n) is 3.09. The number of unbranched alkanes of at least 4 members (excludes halogenated alkanes) is 2. The Labute approximate surface area is 74.3 Å². The fraction of sp³-hybridized carbons (Fsp3) is 0.700. The molecule has 0 aromatic carbocycles. The fourth-order valence-corrected chi connectivity index (χ4v) is 1.18. The average molecular weight is 170 g/mol. The Kier molecular flexibility index (Phi) is 6.44. The lowest BCUT2D eigenvalue weighted by atomic mass is 9.98. The summed E-state index contributed by atoms with van der Waals surface area (Å²) in [6.07, 6.45) is 6.42. The number of hydrogen-bond acceptors (Lipinski definition) is 1. The molecule has 0 bridgehead atoms. The number of aliphatic carboxylic acids is 1. The van der Waals surface area contributed by atoms with Gasteiger partial charge in [0.15, 0.2) is 0 Å². The normalized spacial score (nSPS) is 12.4.